The lowest BCUT2D eigenvalue weighted by Gasteiger charge is -2.31. The van der Waals surface area contributed by atoms with Gasteiger partial charge in [-0.3, -0.25) is 0 Å². The van der Waals surface area contributed by atoms with E-state index in [-0.39, 0.29) is 30.6 Å². The van der Waals surface area contributed by atoms with Crippen molar-refractivity contribution in [3.8, 4) is 0 Å². The zero-order valence-corrected chi connectivity index (χ0v) is 14.2. The molecule has 23 heavy (non-hydrogen) atoms. The van der Waals surface area contributed by atoms with Gasteiger partial charge in [-0.1, -0.05) is 12.1 Å². The van der Waals surface area contributed by atoms with E-state index < -0.39 is 0 Å². The second-order valence-corrected chi connectivity index (χ2v) is 5.56. The minimum Gasteiger partial charge on any atom is -0.370 e. The number of rotatable bonds is 5. The summed E-state index contributed by atoms with van der Waals surface area (Å²) in [4.78, 5) is 8.55. The van der Waals surface area contributed by atoms with Gasteiger partial charge in [-0.2, -0.15) is 0 Å². The van der Waals surface area contributed by atoms with Gasteiger partial charge in [0.25, 0.3) is 0 Å². The third-order valence-electron chi connectivity index (χ3n) is 3.91. The number of anilines is 1. The number of hydrogen-bond donors (Lipinski definition) is 2. The van der Waals surface area contributed by atoms with Gasteiger partial charge in [0.15, 0.2) is 0 Å². The highest BCUT2D eigenvalue weighted by molar-refractivity contribution is 5.85. The van der Waals surface area contributed by atoms with Gasteiger partial charge in [0.2, 0.25) is 0 Å². The maximum atomic E-state index is 12.8. The van der Waals surface area contributed by atoms with Crippen LogP contribution in [0.2, 0.25) is 0 Å². The summed E-state index contributed by atoms with van der Waals surface area (Å²) < 4.78 is 12.8. The molecule has 126 valence electrons. The lowest BCUT2D eigenvalue weighted by atomic mass is 9.79. The molecular weight excluding hydrogens is 338 g/mol. The summed E-state index contributed by atoms with van der Waals surface area (Å²) in [5, 5.41) is 3.29. The standard InChI is InChI=1S/C16H19FN4.2ClH/c17-13-3-1-11(2-4-13)5-6-19-16-9-15(20-10-21-16)12-7-14(18)8-12;;/h1-4,9-10,12,14H,5-8,18H2,(H,19,20,21);2*1H. The maximum Gasteiger partial charge on any atom is 0.129 e. The van der Waals surface area contributed by atoms with E-state index in [1.807, 2.05) is 6.07 Å². The minimum absolute atomic E-state index is 0. The number of benzene rings is 1. The summed E-state index contributed by atoms with van der Waals surface area (Å²) in [5.41, 5.74) is 7.98. The number of nitrogens with zero attached hydrogens (tertiary/aromatic N) is 2. The van der Waals surface area contributed by atoms with Crippen LogP contribution in [0, 0.1) is 5.82 Å². The molecule has 1 aliphatic rings. The van der Waals surface area contributed by atoms with Gasteiger partial charge in [0, 0.05) is 30.3 Å². The van der Waals surface area contributed by atoms with E-state index in [0.717, 1.165) is 42.9 Å². The molecule has 1 aromatic heterocycles. The lowest BCUT2D eigenvalue weighted by molar-refractivity contribution is 0.345. The Balaban J connectivity index is 0.00000132. The van der Waals surface area contributed by atoms with Gasteiger partial charge in [0.1, 0.15) is 18.0 Å². The van der Waals surface area contributed by atoms with E-state index in [9.17, 15) is 4.39 Å². The fourth-order valence-electron chi connectivity index (χ4n) is 2.58. The first-order valence-electron chi connectivity index (χ1n) is 7.26. The minimum atomic E-state index is -0.203. The molecule has 0 saturated heterocycles. The molecule has 0 aliphatic heterocycles. The van der Waals surface area contributed by atoms with E-state index in [4.69, 9.17) is 5.73 Å². The number of hydrogen-bond acceptors (Lipinski definition) is 4. The van der Waals surface area contributed by atoms with Crippen LogP contribution in [0.15, 0.2) is 36.7 Å². The molecule has 3 rings (SSSR count). The molecule has 0 spiro atoms. The summed E-state index contributed by atoms with van der Waals surface area (Å²) in [6.45, 7) is 0.756. The van der Waals surface area contributed by atoms with E-state index in [2.05, 4.69) is 15.3 Å². The fourth-order valence-corrected chi connectivity index (χ4v) is 2.58. The molecule has 0 amide bonds. The predicted octanol–water partition coefficient (Wildman–Crippen LogP) is 3.32. The predicted molar refractivity (Wildman–Crippen MR) is 95.1 cm³/mol. The van der Waals surface area contributed by atoms with Crippen molar-refractivity contribution in [2.24, 2.45) is 5.73 Å². The van der Waals surface area contributed by atoms with Crippen LogP contribution < -0.4 is 11.1 Å². The molecule has 1 heterocycles. The molecule has 3 N–H and O–H groups in total. The molecule has 0 unspecified atom stereocenters. The van der Waals surface area contributed by atoms with Crippen LogP contribution in [0.3, 0.4) is 0 Å². The Morgan fingerprint density at radius 2 is 1.83 bits per heavy atom. The van der Waals surface area contributed by atoms with Crippen LogP contribution in [-0.4, -0.2) is 22.6 Å². The van der Waals surface area contributed by atoms with Crippen molar-refractivity contribution in [1.82, 2.24) is 9.97 Å². The summed E-state index contributed by atoms with van der Waals surface area (Å²) in [5.74, 6) is 1.11. The first-order chi connectivity index (χ1) is 10.2. The van der Waals surface area contributed by atoms with Crippen LogP contribution >= 0.6 is 24.8 Å². The van der Waals surface area contributed by atoms with Crippen molar-refractivity contribution in [3.05, 3.63) is 53.7 Å². The highest BCUT2D eigenvalue weighted by Gasteiger charge is 2.28. The molecule has 1 aromatic carbocycles. The third kappa shape index (κ3) is 5.30. The highest BCUT2D eigenvalue weighted by atomic mass is 35.5. The summed E-state index contributed by atoms with van der Waals surface area (Å²) in [7, 11) is 0. The Bertz CT molecular complexity index is 603. The molecule has 0 atom stereocenters. The van der Waals surface area contributed by atoms with E-state index in [1.165, 1.54) is 12.1 Å². The van der Waals surface area contributed by atoms with Crippen LogP contribution in [0.25, 0.3) is 0 Å². The lowest BCUT2D eigenvalue weighted by Crippen LogP contribution is -2.35. The summed E-state index contributed by atoms with van der Waals surface area (Å²) in [6, 6.07) is 8.90. The number of aromatic nitrogens is 2. The van der Waals surface area contributed by atoms with Crippen molar-refractivity contribution >= 4 is 30.6 Å². The van der Waals surface area contributed by atoms with E-state index in [0.29, 0.717) is 12.0 Å². The summed E-state index contributed by atoms with van der Waals surface area (Å²) >= 11 is 0. The quantitative estimate of drug-likeness (QED) is 0.860. The second kappa shape index (κ2) is 9.01. The van der Waals surface area contributed by atoms with Crippen molar-refractivity contribution in [2.45, 2.75) is 31.2 Å². The van der Waals surface area contributed by atoms with Gasteiger partial charge < -0.3 is 11.1 Å². The molecule has 7 heteroatoms. The van der Waals surface area contributed by atoms with Gasteiger partial charge in [-0.15, -0.1) is 24.8 Å². The second-order valence-electron chi connectivity index (χ2n) is 5.56. The summed E-state index contributed by atoms with van der Waals surface area (Å²) in [6.07, 6.45) is 4.44. The van der Waals surface area contributed by atoms with Gasteiger partial charge in [-0.25, -0.2) is 14.4 Å². The average molecular weight is 359 g/mol. The van der Waals surface area contributed by atoms with Crippen LogP contribution in [0.1, 0.15) is 30.0 Å². The largest absolute Gasteiger partial charge is 0.370 e. The monoisotopic (exact) mass is 358 g/mol. The smallest absolute Gasteiger partial charge is 0.129 e. The number of nitrogens with one attached hydrogen (secondary N) is 1. The van der Waals surface area contributed by atoms with Crippen molar-refractivity contribution < 1.29 is 4.39 Å². The SMILES string of the molecule is Cl.Cl.NC1CC(c2cc(NCCc3ccc(F)cc3)ncn2)C1. The Hall–Kier alpha value is -1.43. The molecule has 4 nitrogen and oxygen atoms in total. The molecule has 1 aliphatic carbocycles. The molecule has 1 saturated carbocycles. The molecule has 0 bridgehead atoms. The Labute approximate surface area is 147 Å². The third-order valence-corrected chi connectivity index (χ3v) is 3.91. The van der Waals surface area contributed by atoms with Crippen molar-refractivity contribution in [2.75, 3.05) is 11.9 Å². The molecule has 2 aromatic rings. The Kier molecular flexibility index (Phi) is 7.68. The van der Waals surface area contributed by atoms with Crippen molar-refractivity contribution in [1.29, 1.82) is 0 Å². The molecular formula is C16H21Cl2FN4. The molecule has 1 fully saturated rings. The van der Waals surface area contributed by atoms with Crippen LogP contribution in [0.4, 0.5) is 10.2 Å². The van der Waals surface area contributed by atoms with Crippen molar-refractivity contribution in [3.63, 3.8) is 0 Å². The van der Waals surface area contributed by atoms with E-state index >= 15 is 0 Å². The van der Waals surface area contributed by atoms with Crippen LogP contribution in [-0.2, 0) is 6.42 Å². The zero-order valence-electron chi connectivity index (χ0n) is 12.6. The topological polar surface area (TPSA) is 63.8 Å². The number of halogens is 3. The molecule has 0 radical (unpaired) electrons. The fraction of sp³-hybridized carbons (Fsp3) is 0.375. The zero-order chi connectivity index (χ0) is 14.7. The van der Waals surface area contributed by atoms with Gasteiger partial charge in [-0.05, 0) is 37.0 Å². The Morgan fingerprint density at radius 3 is 2.48 bits per heavy atom. The number of nitrogens with two attached hydrogens (primary N) is 1. The van der Waals surface area contributed by atoms with Gasteiger partial charge >= 0.3 is 0 Å². The normalized spacial score (nSPS) is 19.0. The van der Waals surface area contributed by atoms with E-state index in [1.54, 1.807) is 18.5 Å². The first-order valence-corrected chi connectivity index (χ1v) is 7.26. The van der Waals surface area contributed by atoms with Gasteiger partial charge in [0.05, 0.1) is 0 Å². The first kappa shape index (κ1) is 19.6. The Morgan fingerprint density at radius 1 is 1.13 bits per heavy atom. The maximum absolute atomic E-state index is 12.8. The average Bonchev–Trinajstić information content (AvgIpc) is 2.46. The van der Waals surface area contributed by atoms with Crippen LogP contribution in [0.5, 0.6) is 0 Å². The highest BCUT2D eigenvalue weighted by Crippen LogP contribution is 2.34.